The molecule has 72 valence electrons. The highest BCUT2D eigenvalue weighted by atomic mass is 32.2. The Bertz CT molecular complexity index is 253. The Hall–Kier alpha value is -0.470. The third-order valence-electron chi connectivity index (χ3n) is 2.02. The molecule has 1 aromatic rings. The van der Waals surface area contributed by atoms with Crippen LogP contribution in [-0.2, 0) is 0 Å². The van der Waals surface area contributed by atoms with Crippen LogP contribution in [0.15, 0.2) is 29.2 Å². The van der Waals surface area contributed by atoms with Gasteiger partial charge < -0.3 is 5.11 Å². The van der Waals surface area contributed by atoms with E-state index in [9.17, 15) is 5.11 Å². The molecule has 1 aromatic carbocycles. The summed E-state index contributed by atoms with van der Waals surface area (Å²) in [6, 6.07) is 8.38. The molecule has 1 nitrogen and oxygen atoms in total. The van der Waals surface area contributed by atoms with Gasteiger partial charge in [-0.3, -0.25) is 0 Å². The van der Waals surface area contributed by atoms with Crippen LogP contribution >= 0.6 is 11.8 Å². The molecule has 2 atom stereocenters. The number of aryl methyl sites for hydroxylation is 1. The fourth-order valence-corrected chi connectivity index (χ4v) is 1.85. The normalized spacial score (nSPS) is 15.4. The van der Waals surface area contributed by atoms with Crippen LogP contribution in [-0.4, -0.2) is 16.5 Å². The fraction of sp³-hybridized carbons (Fsp3) is 0.455. The quantitative estimate of drug-likeness (QED) is 0.750. The molecular formula is C11H16OS. The van der Waals surface area contributed by atoms with Gasteiger partial charge in [-0.05, 0) is 26.0 Å². The molecule has 0 amide bonds. The molecule has 0 saturated carbocycles. The van der Waals surface area contributed by atoms with Crippen molar-refractivity contribution in [1.29, 1.82) is 0 Å². The lowest BCUT2D eigenvalue weighted by atomic mass is 10.2. The van der Waals surface area contributed by atoms with Crippen LogP contribution in [0, 0.1) is 6.92 Å². The van der Waals surface area contributed by atoms with Gasteiger partial charge in [-0.2, -0.15) is 0 Å². The van der Waals surface area contributed by atoms with Crippen molar-refractivity contribution in [1.82, 2.24) is 0 Å². The number of rotatable bonds is 3. The lowest BCUT2D eigenvalue weighted by Gasteiger charge is -2.13. The van der Waals surface area contributed by atoms with Crippen LogP contribution in [0.4, 0.5) is 0 Å². The minimum Gasteiger partial charge on any atom is -0.392 e. The van der Waals surface area contributed by atoms with Crippen molar-refractivity contribution in [3.05, 3.63) is 29.8 Å². The van der Waals surface area contributed by atoms with Crippen LogP contribution < -0.4 is 0 Å². The summed E-state index contributed by atoms with van der Waals surface area (Å²) in [6.45, 7) is 5.94. The predicted molar refractivity (Wildman–Crippen MR) is 58.2 cm³/mol. The topological polar surface area (TPSA) is 20.2 Å². The van der Waals surface area contributed by atoms with Gasteiger partial charge in [0.2, 0.25) is 0 Å². The maximum atomic E-state index is 9.32. The Labute approximate surface area is 84.2 Å². The molecule has 0 spiro atoms. The second-order valence-corrected chi connectivity index (χ2v) is 4.83. The second kappa shape index (κ2) is 4.68. The minimum atomic E-state index is -0.258. The third-order valence-corrected chi connectivity index (χ3v) is 3.33. The summed E-state index contributed by atoms with van der Waals surface area (Å²) in [6.07, 6.45) is -0.258. The predicted octanol–water partition coefficient (Wildman–Crippen LogP) is 2.86. The summed E-state index contributed by atoms with van der Waals surface area (Å²) in [5.41, 5.74) is 1.27. The number of aliphatic hydroxyl groups excluding tert-OH is 1. The van der Waals surface area contributed by atoms with Gasteiger partial charge in [0.1, 0.15) is 0 Å². The van der Waals surface area contributed by atoms with E-state index in [0.717, 1.165) is 0 Å². The maximum absolute atomic E-state index is 9.32. The average molecular weight is 196 g/mol. The van der Waals surface area contributed by atoms with Gasteiger partial charge >= 0.3 is 0 Å². The molecular weight excluding hydrogens is 180 g/mol. The van der Waals surface area contributed by atoms with E-state index < -0.39 is 0 Å². The van der Waals surface area contributed by atoms with E-state index >= 15 is 0 Å². The number of hydrogen-bond acceptors (Lipinski definition) is 2. The zero-order valence-electron chi connectivity index (χ0n) is 8.32. The van der Waals surface area contributed by atoms with Gasteiger partial charge in [0, 0.05) is 10.1 Å². The zero-order valence-corrected chi connectivity index (χ0v) is 9.14. The molecule has 0 aliphatic rings. The molecule has 0 aliphatic carbocycles. The molecule has 1 N–H and O–H groups in total. The average Bonchev–Trinajstić information content (AvgIpc) is 2.08. The fourth-order valence-electron chi connectivity index (χ4n) is 0.930. The summed E-state index contributed by atoms with van der Waals surface area (Å²) in [7, 11) is 0. The standard InChI is InChI=1S/C11H16OS/c1-8-4-6-11(7-5-8)13-10(3)9(2)12/h4-7,9-10,12H,1-3H3/t9-,10-/m0/s1. The van der Waals surface area contributed by atoms with E-state index in [4.69, 9.17) is 0 Å². The van der Waals surface area contributed by atoms with Crippen molar-refractivity contribution in [2.45, 2.75) is 37.0 Å². The van der Waals surface area contributed by atoms with Crippen molar-refractivity contribution < 1.29 is 5.11 Å². The van der Waals surface area contributed by atoms with Crippen molar-refractivity contribution in [2.24, 2.45) is 0 Å². The van der Waals surface area contributed by atoms with Crippen LogP contribution in [0.2, 0.25) is 0 Å². The Kier molecular flexibility index (Phi) is 3.82. The first-order valence-corrected chi connectivity index (χ1v) is 5.39. The van der Waals surface area contributed by atoms with Crippen LogP contribution in [0.1, 0.15) is 19.4 Å². The molecule has 0 heterocycles. The summed E-state index contributed by atoms with van der Waals surface area (Å²) >= 11 is 1.71. The third kappa shape index (κ3) is 3.41. The van der Waals surface area contributed by atoms with Gasteiger partial charge in [0.25, 0.3) is 0 Å². The number of aliphatic hydroxyl groups is 1. The minimum absolute atomic E-state index is 0.253. The van der Waals surface area contributed by atoms with Gasteiger partial charge in [0.05, 0.1) is 6.10 Å². The smallest absolute Gasteiger partial charge is 0.0631 e. The highest BCUT2D eigenvalue weighted by molar-refractivity contribution is 8.00. The van der Waals surface area contributed by atoms with E-state index in [-0.39, 0.29) is 11.4 Å². The molecule has 0 saturated heterocycles. The molecule has 0 aromatic heterocycles. The zero-order chi connectivity index (χ0) is 9.84. The van der Waals surface area contributed by atoms with Crippen LogP contribution in [0.25, 0.3) is 0 Å². The second-order valence-electron chi connectivity index (χ2n) is 3.38. The molecule has 0 unspecified atom stereocenters. The molecule has 0 bridgehead atoms. The van der Waals surface area contributed by atoms with Crippen LogP contribution in [0.5, 0.6) is 0 Å². The number of benzene rings is 1. The molecule has 0 aliphatic heterocycles. The van der Waals surface area contributed by atoms with Crippen molar-refractivity contribution >= 4 is 11.8 Å². The summed E-state index contributed by atoms with van der Waals surface area (Å²) in [5.74, 6) is 0. The van der Waals surface area contributed by atoms with E-state index in [2.05, 4.69) is 31.2 Å². The monoisotopic (exact) mass is 196 g/mol. The first-order valence-electron chi connectivity index (χ1n) is 4.51. The van der Waals surface area contributed by atoms with E-state index in [1.807, 2.05) is 13.8 Å². The number of hydrogen-bond donors (Lipinski definition) is 1. The van der Waals surface area contributed by atoms with E-state index in [0.29, 0.717) is 0 Å². The molecule has 0 radical (unpaired) electrons. The van der Waals surface area contributed by atoms with E-state index in [1.54, 1.807) is 11.8 Å². The van der Waals surface area contributed by atoms with Crippen LogP contribution in [0.3, 0.4) is 0 Å². The van der Waals surface area contributed by atoms with Gasteiger partial charge in [0.15, 0.2) is 0 Å². The van der Waals surface area contributed by atoms with E-state index in [1.165, 1.54) is 10.5 Å². The SMILES string of the molecule is Cc1ccc(S[C@@H](C)[C@H](C)O)cc1. The Balaban J connectivity index is 2.59. The Morgan fingerprint density at radius 3 is 2.15 bits per heavy atom. The first kappa shape index (κ1) is 10.6. The van der Waals surface area contributed by atoms with Gasteiger partial charge in [-0.15, -0.1) is 11.8 Å². The summed E-state index contributed by atoms with van der Waals surface area (Å²) < 4.78 is 0. The highest BCUT2D eigenvalue weighted by Crippen LogP contribution is 2.25. The van der Waals surface area contributed by atoms with Crippen molar-refractivity contribution in [3.8, 4) is 0 Å². The first-order chi connectivity index (χ1) is 6.09. The molecule has 13 heavy (non-hydrogen) atoms. The Morgan fingerprint density at radius 1 is 1.15 bits per heavy atom. The van der Waals surface area contributed by atoms with Gasteiger partial charge in [-0.25, -0.2) is 0 Å². The van der Waals surface area contributed by atoms with Crippen molar-refractivity contribution in [2.75, 3.05) is 0 Å². The largest absolute Gasteiger partial charge is 0.392 e. The lowest BCUT2D eigenvalue weighted by molar-refractivity contribution is 0.196. The summed E-state index contributed by atoms with van der Waals surface area (Å²) in [4.78, 5) is 1.22. The Morgan fingerprint density at radius 2 is 1.69 bits per heavy atom. The van der Waals surface area contributed by atoms with Crippen molar-refractivity contribution in [3.63, 3.8) is 0 Å². The maximum Gasteiger partial charge on any atom is 0.0631 e. The molecule has 1 rings (SSSR count). The highest BCUT2D eigenvalue weighted by Gasteiger charge is 2.09. The summed E-state index contributed by atoms with van der Waals surface area (Å²) in [5, 5.41) is 9.57. The molecule has 2 heteroatoms. The number of thioether (sulfide) groups is 1. The lowest BCUT2D eigenvalue weighted by Crippen LogP contribution is -2.14. The van der Waals surface area contributed by atoms with Gasteiger partial charge in [-0.1, -0.05) is 24.6 Å². The molecule has 0 fully saturated rings.